The molecule has 3 rings (SSSR count). The molecule has 1 aromatic carbocycles. The topological polar surface area (TPSA) is 52.2 Å². The van der Waals surface area contributed by atoms with Gasteiger partial charge in [-0.15, -0.1) is 0 Å². The van der Waals surface area contributed by atoms with Crippen LogP contribution in [0.25, 0.3) is 0 Å². The summed E-state index contributed by atoms with van der Waals surface area (Å²) in [7, 11) is 2.10. The standard InChI is InChI=1S/C19H29N5/c1-16-15-17(6-7-18(16)20)24-11-4-10-23(13-14-24)9-3-5-19-21-8-12-22(19)2/h6-8,12,15H,3-5,9-11,13-14,20H2,1-2H3/p+1. The average Bonchev–Trinajstić information content (AvgIpc) is 2.83. The normalized spacial score (nSPS) is 16.3. The van der Waals surface area contributed by atoms with Crippen LogP contribution < -0.4 is 15.2 Å². The van der Waals surface area contributed by atoms with Crippen molar-refractivity contribution in [1.82, 2.24) is 9.88 Å². The van der Waals surface area contributed by atoms with Crippen LogP contribution >= 0.6 is 0 Å². The number of H-pyrrole nitrogens is 1. The van der Waals surface area contributed by atoms with Crippen molar-refractivity contribution in [3.05, 3.63) is 42.0 Å². The number of nitrogens with one attached hydrogen (secondary N) is 1. The molecule has 0 atom stereocenters. The third-order valence-electron chi connectivity index (χ3n) is 5.07. The fourth-order valence-corrected chi connectivity index (χ4v) is 3.46. The molecule has 1 aliphatic rings. The number of nitrogen functional groups attached to an aromatic ring is 1. The maximum atomic E-state index is 5.95. The Balaban J connectivity index is 1.49. The third-order valence-corrected chi connectivity index (χ3v) is 5.07. The van der Waals surface area contributed by atoms with Crippen LogP contribution in [-0.2, 0) is 13.5 Å². The van der Waals surface area contributed by atoms with E-state index in [1.807, 2.05) is 12.3 Å². The highest BCUT2D eigenvalue weighted by Crippen LogP contribution is 2.21. The SMILES string of the molecule is Cc1cc(N2CCCN(CCCc3[nH]cc[n+]3C)CC2)ccc1N. The van der Waals surface area contributed by atoms with Gasteiger partial charge in [-0.05, 0) is 56.6 Å². The molecule has 0 saturated carbocycles. The highest BCUT2D eigenvalue weighted by molar-refractivity contribution is 5.58. The van der Waals surface area contributed by atoms with Gasteiger partial charge in [0.1, 0.15) is 12.4 Å². The number of aromatic nitrogens is 2. The Labute approximate surface area is 145 Å². The molecule has 5 nitrogen and oxygen atoms in total. The van der Waals surface area contributed by atoms with Gasteiger partial charge in [0.25, 0.3) is 5.82 Å². The van der Waals surface area contributed by atoms with Crippen molar-refractivity contribution < 1.29 is 4.57 Å². The minimum absolute atomic E-state index is 0.882. The molecule has 2 heterocycles. The van der Waals surface area contributed by atoms with Crippen LogP contribution in [-0.4, -0.2) is 42.6 Å². The van der Waals surface area contributed by atoms with Gasteiger partial charge >= 0.3 is 0 Å². The van der Waals surface area contributed by atoms with E-state index in [1.54, 1.807) is 0 Å². The van der Waals surface area contributed by atoms with Crippen LogP contribution in [0.2, 0.25) is 0 Å². The second-order valence-electron chi connectivity index (χ2n) is 6.84. The first-order valence-corrected chi connectivity index (χ1v) is 8.99. The van der Waals surface area contributed by atoms with Gasteiger partial charge in [0.15, 0.2) is 0 Å². The smallest absolute Gasteiger partial charge is 0.254 e. The van der Waals surface area contributed by atoms with Crippen molar-refractivity contribution in [2.45, 2.75) is 26.2 Å². The van der Waals surface area contributed by atoms with Crippen molar-refractivity contribution >= 4 is 11.4 Å². The number of hydrogen-bond donors (Lipinski definition) is 2. The van der Waals surface area contributed by atoms with E-state index in [0.29, 0.717) is 0 Å². The lowest BCUT2D eigenvalue weighted by atomic mass is 10.1. The molecular weight excluding hydrogens is 298 g/mol. The van der Waals surface area contributed by atoms with E-state index in [-0.39, 0.29) is 0 Å². The number of aromatic amines is 1. The Hall–Kier alpha value is -2.01. The third kappa shape index (κ3) is 4.09. The highest BCUT2D eigenvalue weighted by Gasteiger charge is 2.16. The Morgan fingerprint density at radius 2 is 2.08 bits per heavy atom. The molecule has 0 spiro atoms. The summed E-state index contributed by atoms with van der Waals surface area (Å²) in [6, 6.07) is 6.41. The molecule has 5 heteroatoms. The number of nitrogens with zero attached hydrogens (tertiary/aromatic N) is 3. The maximum Gasteiger partial charge on any atom is 0.254 e. The fourth-order valence-electron chi connectivity index (χ4n) is 3.46. The van der Waals surface area contributed by atoms with Crippen LogP contribution in [0.4, 0.5) is 11.4 Å². The van der Waals surface area contributed by atoms with Crippen molar-refractivity contribution in [1.29, 1.82) is 0 Å². The van der Waals surface area contributed by atoms with E-state index < -0.39 is 0 Å². The summed E-state index contributed by atoms with van der Waals surface area (Å²) in [5, 5.41) is 0. The van der Waals surface area contributed by atoms with E-state index in [0.717, 1.165) is 31.7 Å². The number of rotatable bonds is 5. The lowest BCUT2D eigenvalue weighted by molar-refractivity contribution is -0.677. The summed E-state index contributed by atoms with van der Waals surface area (Å²) in [6.45, 7) is 7.82. The summed E-state index contributed by atoms with van der Waals surface area (Å²) < 4.78 is 2.17. The molecule has 0 radical (unpaired) electrons. The van der Waals surface area contributed by atoms with Crippen molar-refractivity contribution in [3.63, 3.8) is 0 Å². The predicted molar refractivity (Wildman–Crippen MR) is 99.2 cm³/mol. The van der Waals surface area contributed by atoms with Gasteiger partial charge in [-0.25, -0.2) is 9.55 Å². The van der Waals surface area contributed by atoms with Crippen LogP contribution in [0.5, 0.6) is 0 Å². The number of aryl methyl sites for hydroxylation is 3. The first-order valence-electron chi connectivity index (χ1n) is 8.99. The van der Waals surface area contributed by atoms with Crippen LogP contribution in [0.15, 0.2) is 30.6 Å². The Morgan fingerprint density at radius 1 is 1.21 bits per heavy atom. The summed E-state index contributed by atoms with van der Waals surface area (Å²) in [5.74, 6) is 1.31. The molecule has 1 fully saturated rings. The van der Waals surface area contributed by atoms with Crippen LogP contribution in [0, 0.1) is 6.92 Å². The van der Waals surface area contributed by atoms with Crippen LogP contribution in [0.3, 0.4) is 0 Å². The fraction of sp³-hybridized carbons (Fsp3) is 0.526. The summed E-state index contributed by atoms with van der Waals surface area (Å²) >= 11 is 0. The van der Waals surface area contributed by atoms with Gasteiger partial charge in [-0.2, -0.15) is 0 Å². The van der Waals surface area contributed by atoms with E-state index in [9.17, 15) is 0 Å². The largest absolute Gasteiger partial charge is 0.399 e. The van der Waals surface area contributed by atoms with Gasteiger partial charge in [0.05, 0.1) is 13.5 Å². The number of nitrogens with two attached hydrogens (primary N) is 1. The van der Waals surface area contributed by atoms with E-state index in [1.165, 1.54) is 43.0 Å². The zero-order chi connectivity index (χ0) is 16.9. The average molecular weight is 328 g/mol. The minimum atomic E-state index is 0.882. The summed E-state index contributed by atoms with van der Waals surface area (Å²) in [6.07, 6.45) is 7.62. The van der Waals surface area contributed by atoms with Crippen LogP contribution in [0.1, 0.15) is 24.2 Å². The molecule has 0 bridgehead atoms. The zero-order valence-electron chi connectivity index (χ0n) is 15.0. The first-order chi connectivity index (χ1) is 11.6. The van der Waals surface area contributed by atoms with Gasteiger partial charge in [0.2, 0.25) is 0 Å². The molecule has 0 unspecified atom stereocenters. The molecule has 24 heavy (non-hydrogen) atoms. The first kappa shape index (κ1) is 16.8. The van der Waals surface area contributed by atoms with E-state index in [2.05, 4.69) is 51.7 Å². The summed E-state index contributed by atoms with van der Waals surface area (Å²) in [5.41, 5.74) is 9.31. The number of hydrogen-bond acceptors (Lipinski definition) is 3. The van der Waals surface area contributed by atoms with Gasteiger partial charge in [-0.3, -0.25) is 0 Å². The van der Waals surface area contributed by atoms with E-state index in [4.69, 9.17) is 5.73 Å². The molecule has 1 aliphatic heterocycles. The summed E-state index contributed by atoms with van der Waals surface area (Å²) in [4.78, 5) is 8.42. The molecule has 2 aromatic rings. The second-order valence-corrected chi connectivity index (χ2v) is 6.84. The van der Waals surface area contributed by atoms with Crippen molar-refractivity contribution in [2.75, 3.05) is 43.4 Å². The molecule has 0 amide bonds. The predicted octanol–water partition coefficient (Wildman–Crippen LogP) is 1.87. The monoisotopic (exact) mass is 328 g/mol. The molecule has 0 aliphatic carbocycles. The number of imidazole rings is 1. The van der Waals surface area contributed by atoms with Gasteiger partial charge in [-0.1, -0.05) is 0 Å². The highest BCUT2D eigenvalue weighted by atomic mass is 15.2. The molecular formula is C19H30N5+. The Kier molecular flexibility index (Phi) is 5.41. The van der Waals surface area contributed by atoms with Crippen molar-refractivity contribution in [2.24, 2.45) is 7.05 Å². The quantitative estimate of drug-likeness (QED) is 0.651. The lowest BCUT2D eigenvalue weighted by Crippen LogP contribution is -2.33. The molecule has 1 saturated heterocycles. The molecule has 130 valence electrons. The van der Waals surface area contributed by atoms with Crippen molar-refractivity contribution in [3.8, 4) is 0 Å². The Morgan fingerprint density at radius 3 is 2.83 bits per heavy atom. The lowest BCUT2D eigenvalue weighted by Gasteiger charge is -2.24. The van der Waals surface area contributed by atoms with Gasteiger partial charge in [0, 0.05) is 31.0 Å². The number of anilines is 2. The minimum Gasteiger partial charge on any atom is -0.399 e. The number of benzene rings is 1. The molecule has 3 N–H and O–H groups in total. The zero-order valence-corrected chi connectivity index (χ0v) is 15.0. The molecule has 1 aromatic heterocycles. The van der Waals surface area contributed by atoms with E-state index >= 15 is 0 Å². The Bertz CT molecular complexity index is 664. The van der Waals surface area contributed by atoms with Gasteiger partial charge < -0.3 is 15.5 Å². The maximum absolute atomic E-state index is 5.95. The second kappa shape index (κ2) is 7.71.